The van der Waals surface area contributed by atoms with E-state index in [-0.39, 0.29) is 13.0 Å². The first-order chi connectivity index (χ1) is 10.4. The number of hydrogen-bond donors (Lipinski definition) is 2. The molecule has 2 atom stereocenters. The van der Waals surface area contributed by atoms with Crippen LogP contribution in [0.25, 0.3) is 0 Å². The van der Waals surface area contributed by atoms with Gasteiger partial charge in [0, 0.05) is 12.2 Å². The molecule has 2 amide bonds. The van der Waals surface area contributed by atoms with Gasteiger partial charge in [0.25, 0.3) is 0 Å². The Balaban J connectivity index is 1.89. The number of urea groups is 1. The van der Waals surface area contributed by atoms with Crippen LogP contribution in [-0.4, -0.2) is 23.2 Å². The Kier molecular flexibility index (Phi) is 5.26. The zero-order chi connectivity index (χ0) is 16.2. The zero-order valence-corrected chi connectivity index (χ0v) is 12.4. The minimum atomic E-state index is -4.27. The first-order valence-electron chi connectivity index (χ1n) is 7.39. The summed E-state index contributed by atoms with van der Waals surface area (Å²) < 4.78 is 38.9. The smallest absolute Gasteiger partial charge is 0.335 e. The molecule has 0 spiro atoms. The summed E-state index contributed by atoms with van der Waals surface area (Å²) >= 11 is 0. The molecule has 0 saturated heterocycles. The van der Waals surface area contributed by atoms with Crippen LogP contribution < -0.4 is 10.6 Å². The van der Waals surface area contributed by atoms with Crippen molar-refractivity contribution in [1.82, 2.24) is 15.6 Å². The summed E-state index contributed by atoms with van der Waals surface area (Å²) in [5.41, 5.74) is 1.63. The fraction of sp³-hybridized carbons (Fsp3) is 0.600. The number of nitrogens with one attached hydrogen (secondary N) is 2. The van der Waals surface area contributed by atoms with Crippen molar-refractivity contribution in [2.75, 3.05) is 0 Å². The number of amides is 2. The monoisotopic (exact) mass is 315 g/mol. The standard InChI is InChI=1S/C15H20F3N3O/c1-10-5-4-8-19-13(10)9-20-14(22)21-12-7-3-2-6-11(12)15(16,17)18/h4-5,8,11-12H,2-3,6-7,9H2,1H3,(H2,20,21,22)/t11-,12-/m1/s1. The van der Waals surface area contributed by atoms with E-state index in [0.717, 1.165) is 5.56 Å². The van der Waals surface area contributed by atoms with Crippen LogP contribution >= 0.6 is 0 Å². The number of alkyl halides is 3. The van der Waals surface area contributed by atoms with Crippen molar-refractivity contribution < 1.29 is 18.0 Å². The summed E-state index contributed by atoms with van der Waals surface area (Å²) in [5, 5.41) is 5.05. The average Bonchev–Trinajstić information content (AvgIpc) is 2.46. The van der Waals surface area contributed by atoms with E-state index < -0.39 is 24.2 Å². The molecule has 122 valence electrons. The van der Waals surface area contributed by atoms with E-state index in [0.29, 0.717) is 25.0 Å². The maximum Gasteiger partial charge on any atom is 0.393 e. The van der Waals surface area contributed by atoms with E-state index >= 15 is 0 Å². The Labute approximate surface area is 127 Å². The summed E-state index contributed by atoms with van der Waals surface area (Å²) in [7, 11) is 0. The van der Waals surface area contributed by atoms with Gasteiger partial charge >= 0.3 is 12.2 Å². The summed E-state index contributed by atoms with van der Waals surface area (Å²) in [6, 6.07) is 2.22. The van der Waals surface area contributed by atoms with Gasteiger partial charge in [0.1, 0.15) is 0 Å². The number of rotatable bonds is 3. The van der Waals surface area contributed by atoms with Crippen molar-refractivity contribution in [3.05, 3.63) is 29.6 Å². The third kappa shape index (κ3) is 4.35. The molecule has 1 heterocycles. The van der Waals surface area contributed by atoms with Gasteiger partial charge in [-0.05, 0) is 31.4 Å². The molecule has 1 aliphatic rings. The van der Waals surface area contributed by atoms with Crippen LogP contribution in [0, 0.1) is 12.8 Å². The van der Waals surface area contributed by atoms with E-state index in [9.17, 15) is 18.0 Å². The van der Waals surface area contributed by atoms with Gasteiger partial charge in [-0.1, -0.05) is 18.9 Å². The largest absolute Gasteiger partial charge is 0.393 e. The van der Waals surface area contributed by atoms with Crippen LogP contribution in [-0.2, 0) is 6.54 Å². The number of hydrogen-bond acceptors (Lipinski definition) is 2. The molecule has 7 heteroatoms. The van der Waals surface area contributed by atoms with Crippen molar-refractivity contribution in [2.45, 2.75) is 51.4 Å². The minimum absolute atomic E-state index is 0.0772. The van der Waals surface area contributed by atoms with Gasteiger partial charge < -0.3 is 10.6 Å². The third-order valence-electron chi connectivity index (χ3n) is 4.04. The molecule has 2 N–H and O–H groups in total. The summed E-state index contributed by atoms with van der Waals surface area (Å²) in [6.45, 7) is 2.06. The molecule has 0 radical (unpaired) electrons. The molecule has 1 aromatic rings. The van der Waals surface area contributed by atoms with E-state index in [1.54, 1.807) is 12.3 Å². The van der Waals surface area contributed by atoms with Crippen LogP contribution in [0.5, 0.6) is 0 Å². The van der Waals surface area contributed by atoms with Crippen molar-refractivity contribution in [3.63, 3.8) is 0 Å². The molecule has 4 nitrogen and oxygen atoms in total. The molecule has 0 aliphatic heterocycles. The number of aromatic nitrogens is 1. The first kappa shape index (κ1) is 16.6. The highest BCUT2D eigenvalue weighted by molar-refractivity contribution is 5.74. The maximum atomic E-state index is 13.0. The molecule has 1 aliphatic carbocycles. The zero-order valence-electron chi connectivity index (χ0n) is 12.4. The average molecular weight is 315 g/mol. The summed E-state index contributed by atoms with van der Waals surface area (Å²) in [6.07, 6.45) is -0.958. The lowest BCUT2D eigenvalue weighted by Crippen LogP contribution is -2.50. The highest BCUT2D eigenvalue weighted by Gasteiger charge is 2.45. The number of carbonyl (C=O) groups excluding carboxylic acids is 1. The number of aryl methyl sites for hydroxylation is 1. The highest BCUT2D eigenvalue weighted by atomic mass is 19.4. The molecule has 0 unspecified atom stereocenters. The lowest BCUT2D eigenvalue weighted by molar-refractivity contribution is -0.187. The van der Waals surface area contributed by atoms with Gasteiger partial charge in [-0.3, -0.25) is 4.98 Å². The van der Waals surface area contributed by atoms with Gasteiger partial charge in [-0.2, -0.15) is 13.2 Å². The Morgan fingerprint density at radius 3 is 2.77 bits per heavy atom. The summed E-state index contributed by atoms with van der Waals surface area (Å²) in [4.78, 5) is 16.0. The summed E-state index contributed by atoms with van der Waals surface area (Å²) in [5.74, 6) is -1.46. The van der Waals surface area contributed by atoms with Crippen molar-refractivity contribution in [1.29, 1.82) is 0 Å². The van der Waals surface area contributed by atoms with Gasteiger partial charge in [0.15, 0.2) is 0 Å². The third-order valence-corrected chi connectivity index (χ3v) is 4.04. The van der Waals surface area contributed by atoms with Crippen LogP contribution in [0.15, 0.2) is 18.3 Å². The van der Waals surface area contributed by atoms with Crippen molar-refractivity contribution >= 4 is 6.03 Å². The lowest BCUT2D eigenvalue weighted by atomic mass is 9.84. The van der Waals surface area contributed by atoms with Crippen molar-refractivity contribution in [3.8, 4) is 0 Å². The molecular formula is C15H20F3N3O. The van der Waals surface area contributed by atoms with Gasteiger partial charge in [0.2, 0.25) is 0 Å². The van der Waals surface area contributed by atoms with Crippen LogP contribution in [0.1, 0.15) is 36.9 Å². The van der Waals surface area contributed by atoms with E-state index in [4.69, 9.17) is 0 Å². The molecule has 1 aromatic heterocycles. The van der Waals surface area contributed by atoms with Crippen LogP contribution in [0.4, 0.5) is 18.0 Å². The van der Waals surface area contributed by atoms with Crippen molar-refractivity contribution in [2.24, 2.45) is 5.92 Å². The van der Waals surface area contributed by atoms with Gasteiger partial charge in [0.05, 0.1) is 18.2 Å². The molecule has 0 aromatic carbocycles. The number of pyridine rings is 1. The topological polar surface area (TPSA) is 54.0 Å². The molecule has 2 rings (SSSR count). The SMILES string of the molecule is Cc1cccnc1CNC(=O)N[C@@H]1CCCC[C@H]1C(F)(F)F. The lowest BCUT2D eigenvalue weighted by Gasteiger charge is -2.33. The molecular weight excluding hydrogens is 295 g/mol. The molecule has 1 fully saturated rings. The van der Waals surface area contributed by atoms with E-state index in [1.165, 1.54) is 0 Å². The second-order valence-electron chi connectivity index (χ2n) is 5.63. The molecule has 1 saturated carbocycles. The van der Waals surface area contributed by atoms with E-state index in [1.807, 2.05) is 13.0 Å². The van der Waals surface area contributed by atoms with E-state index in [2.05, 4.69) is 15.6 Å². The predicted molar refractivity (Wildman–Crippen MR) is 76.1 cm³/mol. The van der Waals surface area contributed by atoms with Gasteiger partial charge in [-0.15, -0.1) is 0 Å². The number of nitrogens with zero attached hydrogens (tertiary/aromatic N) is 1. The quantitative estimate of drug-likeness (QED) is 0.899. The maximum absolute atomic E-state index is 13.0. The first-order valence-corrected chi connectivity index (χ1v) is 7.39. The Morgan fingerprint density at radius 1 is 1.36 bits per heavy atom. The van der Waals surface area contributed by atoms with Crippen LogP contribution in [0.3, 0.4) is 0 Å². The highest BCUT2D eigenvalue weighted by Crippen LogP contribution is 2.37. The fourth-order valence-corrected chi connectivity index (χ4v) is 2.78. The second-order valence-corrected chi connectivity index (χ2v) is 5.63. The number of halogens is 3. The van der Waals surface area contributed by atoms with Gasteiger partial charge in [-0.25, -0.2) is 4.79 Å². The molecule has 22 heavy (non-hydrogen) atoms. The Bertz CT molecular complexity index is 519. The molecule has 0 bridgehead atoms. The number of carbonyl (C=O) groups is 1. The predicted octanol–water partition coefficient (Wildman–Crippen LogP) is 3.31. The Morgan fingerprint density at radius 2 is 2.09 bits per heavy atom. The second kappa shape index (κ2) is 6.98. The Hall–Kier alpha value is -1.79. The normalized spacial score (nSPS) is 22.2. The van der Waals surface area contributed by atoms with Crippen LogP contribution in [0.2, 0.25) is 0 Å². The fourth-order valence-electron chi connectivity index (χ4n) is 2.78. The minimum Gasteiger partial charge on any atom is -0.335 e.